The molecule has 1 aliphatic heterocycles. The number of aryl methyl sites for hydroxylation is 1. The lowest BCUT2D eigenvalue weighted by Gasteiger charge is -2.09. The van der Waals surface area contributed by atoms with Crippen molar-refractivity contribution in [3.8, 4) is 0 Å². The second-order valence-corrected chi connectivity index (χ2v) is 4.98. The fraction of sp³-hybridized carbons (Fsp3) is 0.556. The van der Waals surface area contributed by atoms with Crippen molar-refractivity contribution in [1.82, 2.24) is 9.78 Å². The summed E-state index contributed by atoms with van der Waals surface area (Å²) in [6.45, 7) is 4.26. The van der Waals surface area contributed by atoms with E-state index in [9.17, 15) is 0 Å². The second-order valence-electron chi connectivity index (χ2n) is 4.02. The van der Waals surface area contributed by atoms with E-state index in [0.717, 1.165) is 16.7 Å². The lowest BCUT2D eigenvalue weighted by Crippen LogP contribution is -2.15. The van der Waals surface area contributed by atoms with Crippen LogP contribution in [-0.4, -0.2) is 26.2 Å². The van der Waals surface area contributed by atoms with Gasteiger partial charge >= 0.3 is 0 Å². The Bertz CT molecular complexity index is 367. The molecule has 0 unspecified atom stereocenters. The maximum absolute atomic E-state index is 4.54. The smallest absolute Gasteiger partial charge is 0.162 e. The molecule has 14 heavy (non-hydrogen) atoms. The van der Waals surface area contributed by atoms with Gasteiger partial charge in [-0.05, 0) is 13.8 Å². The van der Waals surface area contributed by atoms with Crippen LogP contribution in [0.15, 0.2) is 17.3 Å². The number of aromatic nitrogens is 2. The number of hydrogen-bond acceptors (Lipinski definition) is 4. The monoisotopic (exact) mass is 210 g/mol. The summed E-state index contributed by atoms with van der Waals surface area (Å²) in [5.74, 6) is 1.89. The van der Waals surface area contributed by atoms with E-state index in [2.05, 4.69) is 29.3 Å². The first-order chi connectivity index (χ1) is 6.55. The summed E-state index contributed by atoms with van der Waals surface area (Å²) in [6.07, 6.45) is 1.91. The minimum atomic E-state index is 0.0573. The van der Waals surface area contributed by atoms with Gasteiger partial charge in [0.15, 0.2) is 11.0 Å². The SMILES string of the molecule is Cn1ccc(NC2=NC(C)(C)CS2)n1. The molecule has 76 valence electrons. The molecule has 0 aliphatic carbocycles. The van der Waals surface area contributed by atoms with Crippen LogP contribution in [0.4, 0.5) is 5.82 Å². The number of anilines is 1. The Morgan fingerprint density at radius 3 is 2.86 bits per heavy atom. The highest BCUT2D eigenvalue weighted by atomic mass is 32.2. The number of amidine groups is 1. The van der Waals surface area contributed by atoms with Gasteiger partial charge in [0.1, 0.15) is 0 Å². The number of nitrogens with one attached hydrogen (secondary N) is 1. The third-order valence-electron chi connectivity index (χ3n) is 1.91. The van der Waals surface area contributed by atoms with E-state index < -0.39 is 0 Å². The van der Waals surface area contributed by atoms with Crippen LogP contribution in [0.2, 0.25) is 0 Å². The van der Waals surface area contributed by atoms with Gasteiger partial charge in [-0.3, -0.25) is 9.67 Å². The van der Waals surface area contributed by atoms with Crippen LogP contribution in [0, 0.1) is 0 Å². The van der Waals surface area contributed by atoms with Gasteiger partial charge in [-0.25, -0.2) is 0 Å². The average Bonchev–Trinajstić information content (AvgIpc) is 2.59. The van der Waals surface area contributed by atoms with Crippen LogP contribution in [0.5, 0.6) is 0 Å². The van der Waals surface area contributed by atoms with Gasteiger partial charge in [-0.15, -0.1) is 0 Å². The van der Waals surface area contributed by atoms with Crippen molar-refractivity contribution in [3.05, 3.63) is 12.3 Å². The Labute approximate surface area is 87.8 Å². The second kappa shape index (κ2) is 3.31. The highest BCUT2D eigenvalue weighted by Gasteiger charge is 2.25. The van der Waals surface area contributed by atoms with Gasteiger partial charge in [-0.2, -0.15) is 5.10 Å². The normalized spacial score (nSPS) is 19.5. The zero-order chi connectivity index (χ0) is 10.2. The predicted octanol–water partition coefficient (Wildman–Crippen LogP) is 1.71. The number of hydrogen-bond donors (Lipinski definition) is 1. The first-order valence-electron chi connectivity index (χ1n) is 4.54. The fourth-order valence-corrected chi connectivity index (χ4v) is 2.28. The molecular formula is C9H14N4S. The highest BCUT2D eigenvalue weighted by molar-refractivity contribution is 8.14. The zero-order valence-corrected chi connectivity index (χ0v) is 9.43. The van der Waals surface area contributed by atoms with Crippen molar-refractivity contribution in [1.29, 1.82) is 0 Å². The molecule has 0 saturated heterocycles. The lowest BCUT2D eigenvalue weighted by atomic mass is 10.1. The highest BCUT2D eigenvalue weighted by Crippen LogP contribution is 2.27. The van der Waals surface area contributed by atoms with E-state index in [4.69, 9.17) is 0 Å². The third kappa shape index (κ3) is 2.09. The van der Waals surface area contributed by atoms with Crippen LogP contribution in [0.1, 0.15) is 13.8 Å². The molecule has 0 fully saturated rings. The standard InChI is InChI=1S/C9H14N4S/c1-9(2)6-14-8(11-9)10-7-4-5-13(3)12-7/h4-5H,6H2,1-3H3,(H,10,11,12). The molecule has 1 aromatic rings. The van der Waals surface area contributed by atoms with E-state index >= 15 is 0 Å². The summed E-state index contributed by atoms with van der Waals surface area (Å²) in [7, 11) is 1.90. The average molecular weight is 210 g/mol. The number of rotatable bonds is 1. The summed E-state index contributed by atoms with van der Waals surface area (Å²) in [5.41, 5.74) is 0.0573. The maximum Gasteiger partial charge on any atom is 0.162 e. The Kier molecular flexibility index (Phi) is 2.26. The zero-order valence-electron chi connectivity index (χ0n) is 8.61. The number of thioether (sulfide) groups is 1. The summed E-state index contributed by atoms with van der Waals surface area (Å²) in [5, 5.41) is 8.40. The van der Waals surface area contributed by atoms with Gasteiger partial charge < -0.3 is 5.32 Å². The van der Waals surface area contributed by atoms with Crippen molar-refractivity contribution in [3.63, 3.8) is 0 Å². The molecule has 0 radical (unpaired) electrons. The van der Waals surface area contributed by atoms with Crippen LogP contribution < -0.4 is 5.32 Å². The van der Waals surface area contributed by atoms with Crippen LogP contribution in [-0.2, 0) is 7.05 Å². The molecule has 2 rings (SSSR count). The van der Waals surface area contributed by atoms with Crippen LogP contribution in [0.25, 0.3) is 0 Å². The van der Waals surface area contributed by atoms with Gasteiger partial charge in [0.25, 0.3) is 0 Å². The maximum atomic E-state index is 4.54. The van der Waals surface area contributed by atoms with E-state index in [1.165, 1.54) is 0 Å². The topological polar surface area (TPSA) is 42.2 Å². The minimum absolute atomic E-state index is 0.0573. The molecule has 1 aromatic heterocycles. The van der Waals surface area contributed by atoms with Gasteiger partial charge in [0.05, 0.1) is 5.54 Å². The van der Waals surface area contributed by atoms with Crippen molar-refractivity contribution < 1.29 is 0 Å². The van der Waals surface area contributed by atoms with E-state index in [-0.39, 0.29) is 5.54 Å². The van der Waals surface area contributed by atoms with Crippen LogP contribution >= 0.6 is 11.8 Å². The molecule has 2 heterocycles. The van der Waals surface area contributed by atoms with E-state index in [1.807, 2.05) is 19.3 Å². The van der Waals surface area contributed by atoms with Crippen molar-refractivity contribution >= 4 is 22.7 Å². The van der Waals surface area contributed by atoms with Gasteiger partial charge in [0.2, 0.25) is 0 Å². The number of nitrogens with zero attached hydrogens (tertiary/aromatic N) is 3. The van der Waals surface area contributed by atoms with Gasteiger partial charge in [-0.1, -0.05) is 11.8 Å². The summed E-state index contributed by atoms with van der Waals surface area (Å²) in [6, 6.07) is 1.94. The Morgan fingerprint density at radius 2 is 2.36 bits per heavy atom. The number of aliphatic imine (C=N–C) groups is 1. The quantitative estimate of drug-likeness (QED) is 0.767. The largest absolute Gasteiger partial charge is 0.318 e. The van der Waals surface area contributed by atoms with Crippen molar-refractivity contribution in [2.75, 3.05) is 11.1 Å². The Hall–Kier alpha value is -0.970. The fourth-order valence-electron chi connectivity index (χ4n) is 1.24. The molecule has 0 spiro atoms. The molecule has 1 aliphatic rings. The first kappa shape index (κ1) is 9.58. The summed E-state index contributed by atoms with van der Waals surface area (Å²) >= 11 is 1.74. The van der Waals surface area contributed by atoms with Crippen molar-refractivity contribution in [2.24, 2.45) is 12.0 Å². The Balaban J connectivity index is 2.06. The Morgan fingerprint density at radius 1 is 1.57 bits per heavy atom. The lowest BCUT2D eigenvalue weighted by molar-refractivity contribution is 0.605. The molecular weight excluding hydrogens is 196 g/mol. The van der Waals surface area contributed by atoms with E-state index in [0.29, 0.717) is 0 Å². The molecule has 4 nitrogen and oxygen atoms in total. The predicted molar refractivity (Wildman–Crippen MR) is 60.8 cm³/mol. The first-order valence-corrected chi connectivity index (χ1v) is 5.53. The third-order valence-corrected chi connectivity index (χ3v) is 3.23. The molecule has 0 aromatic carbocycles. The van der Waals surface area contributed by atoms with Gasteiger partial charge in [0, 0.05) is 25.1 Å². The van der Waals surface area contributed by atoms with Crippen LogP contribution in [0.3, 0.4) is 0 Å². The van der Waals surface area contributed by atoms with Crippen molar-refractivity contribution in [2.45, 2.75) is 19.4 Å². The summed E-state index contributed by atoms with van der Waals surface area (Å²) in [4.78, 5) is 4.54. The van der Waals surface area contributed by atoms with E-state index in [1.54, 1.807) is 16.4 Å². The molecule has 0 saturated carbocycles. The molecule has 1 N–H and O–H groups in total. The molecule has 0 atom stereocenters. The molecule has 5 heteroatoms. The molecule has 0 bridgehead atoms. The molecule has 0 amide bonds. The summed E-state index contributed by atoms with van der Waals surface area (Å²) < 4.78 is 1.77. The minimum Gasteiger partial charge on any atom is -0.318 e.